The lowest BCUT2D eigenvalue weighted by Crippen LogP contribution is -2.30. The van der Waals surface area contributed by atoms with Gasteiger partial charge in [-0.1, -0.05) is 30.3 Å². The summed E-state index contributed by atoms with van der Waals surface area (Å²) in [6.07, 6.45) is 0.236. The topological polar surface area (TPSA) is 40.5 Å². The maximum Gasteiger partial charge on any atom is 0.225 e. The standard InChI is InChI=1S/C12H15NO2/c1-12(15)7-11(14)13(9-12)8-10-5-3-2-4-6-10/h2-6,15H,7-9H2,1H3/t12-/m1/s1. The Morgan fingerprint density at radius 1 is 1.40 bits per heavy atom. The quantitative estimate of drug-likeness (QED) is 0.787. The fraction of sp³-hybridized carbons (Fsp3) is 0.417. The van der Waals surface area contributed by atoms with Crippen LogP contribution in [0.5, 0.6) is 0 Å². The molecule has 3 nitrogen and oxygen atoms in total. The van der Waals surface area contributed by atoms with Gasteiger partial charge in [-0.3, -0.25) is 4.79 Å². The van der Waals surface area contributed by atoms with Crippen LogP contribution < -0.4 is 0 Å². The Bertz CT molecular complexity index is 359. The van der Waals surface area contributed by atoms with Crippen molar-refractivity contribution in [2.45, 2.75) is 25.5 Å². The Morgan fingerprint density at radius 3 is 2.60 bits per heavy atom. The molecule has 1 fully saturated rings. The van der Waals surface area contributed by atoms with E-state index in [1.807, 2.05) is 30.3 Å². The normalized spacial score (nSPS) is 26.0. The first kappa shape index (κ1) is 10.2. The lowest BCUT2D eigenvalue weighted by Gasteiger charge is -2.18. The Morgan fingerprint density at radius 2 is 2.07 bits per heavy atom. The minimum atomic E-state index is -0.855. The zero-order chi connectivity index (χ0) is 10.9. The van der Waals surface area contributed by atoms with Crippen LogP contribution in [0.1, 0.15) is 18.9 Å². The highest BCUT2D eigenvalue weighted by atomic mass is 16.3. The number of rotatable bonds is 2. The number of carbonyl (C=O) groups excluding carboxylic acids is 1. The van der Waals surface area contributed by atoms with E-state index in [0.717, 1.165) is 5.56 Å². The van der Waals surface area contributed by atoms with Gasteiger partial charge in [0.15, 0.2) is 0 Å². The summed E-state index contributed by atoms with van der Waals surface area (Å²) in [5.41, 5.74) is 0.245. The summed E-state index contributed by atoms with van der Waals surface area (Å²) in [6.45, 7) is 2.73. The van der Waals surface area contributed by atoms with Crippen molar-refractivity contribution in [2.24, 2.45) is 0 Å². The van der Waals surface area contributed by atoms with E-state index in [4.69, 9.17) is 0 Å². The van der Waals surface area contributed by atoms with E-state index in [9.17, 15) is 9.90 Å². The number of carbonyl (C=O) groups is 1. The van der Waals surface area contributed by atoms with E-state index in [2.05, 4.69) is 0 Å². The van der Waals surface area contributed by atoms with Crippen molar-refractivity contribution < 1.29 is 9.90 Å². The van der Waals surface area contributed by atoms with Crippen LogP contribution in [0.4, 0.5) is 0 Å². The van der Waals surface area contributed by atoms with Gasteiger partial charge >= 0.3 is 0 Å². The summed E-state index contributed by atoms with van der Waals surface area (Å²) >= 11 is 0. The van der Waals surface area contributed by atoms with Crippen molar-refractivity contribution in [3.05, 3.63) is 35.9 Å². The average Bonchev–Trinajstić information content (AvgIpc) is 2.41. The van der Waals surface area contributed by atoms with Gasteiger partial charge in [0.2, 0.25) is 5.91 Å². The molecule has 0 spiro atoms. The predicted molar refractivity (Wildman–Crippen MR) is 57.1 cm³/mol. The molecule has 0 saturated carbocycles. The van der Waals surface area contributed by atoms with E-state index >= 15 is 0 Å². The molecule has 0 aromatic heterocycles. The molecule has 0 unspecified atom stereocenters. The van der Waals surface area contributed by atoms with Gasteiger partial charge in [-0.05, 0) is 12.5 Å². The van der Waals surface area contributed by atoms with E-state index in [1.54, 1.807) is 11.8 Å². The lowest BCUT2D eigenvalue weighted by molar-refractivity contribution is -0.128. The number of aliphatic hydroxyl groups is 1. The van der Waals surface area contributed by atoms with Crippen molar-refractivity contribution in [2.75, 3.05) is 6.54 Å². The molecule has 1 N–H and O–H groups in total. The number of hydrogen-bond acceptors (Lipinski definition) is 2. The predicted octanol–water partition coefficient (Wildman–Crippen LogP) is 1.17. The Labute approximate surface area is 89.3 Å². The first-order valence-electron chi connectivity index (χ1n) is 5.11. The average molecular weight is 205 g/mol. The van der Waals surface area contributed by atoms with E-state index in [-0.39, 0.29) is 12.3 Å². The number of hydrogen-bond donors (Lipinski definition) is 1. The largest absolute Gasteiger partial charge is 0.388 e. The highest BCUT2D eigenvalue weighted by molar-refractivity contribution is 5.79. The number of amides is 1. The minimum absolute atomic E-state index is 0.0313. The molecule has 3 heteroatoms. The summed E-state index contributed by atoms with van der Waals surface area (Å²) in [5, 5.41) is 9.75. The summed E-state index contributed by atoms with van der Waals surface area (Å²) in [6, 6.07) is 9.83. The van der Waals surface area contributed by atoms with Crippen LogP contribution in [-0.2, 0) is 11.3 Å². The Balaban J connectivity index is 2.05. The third-order valence-corrected chi connectivity index (χ3v) is 2.63. The number of β-amino-alcohol motifs (C(OH)–C–C–N with tert-alkyl or cyclic N) is 1. The van der Waals surface area contributed by atoms with Crippen LogP contribution in [-0.4, -0.2) is 28.1 Å². The third-order valence-electron chi connectivity index (χ3n) is 2.63. The maximum atomic E-state index is 11.6. The Hall–Kier alpha value is -1.35. The van der Waals surface area contributed by atoms with Crippen LogP contribution in [0.25, 0.3) is 0 Å². The molecule has 0 bridgehead atoms. The first-order chi connectivity index (χ1) is 7.07. The van der Waals surface area contributed by atoms with Gasteiger partial charge in [0.05, 0.1) is 12.0 Å². The van der Waals surface area contributed by atoms with E-state index < -0.39 is 5.60 Å². The van der Waals surface area contributed by atoms with Crippen molar-refractivity contribution >= 4 is 5.91 Å². The van der Waals surface area contributed by atoms with Gasteiger partial charge in [-0.25, -0.2) is 0 Å². The molecular formula is C12H15NO2. The second kappa shape index (κ2) is 3.66. The molecule has 1 heterocycles. The van der Waals surface area contributed by atoms with Crippen LogP contribution in [0.3, 0.4) is 0 Å². The summed E-state index contributed by atoms with van der Waals surface area (Å²) in [4.78, 5) is 13.3. The molecule has 1 aliphatic heterocycles. The summed E-state index contributed by atoms with van der Waals surface area (Å²) in [7, 11) is 0. The smallest absolute Gasteiger partial charge is 0.225 e. The van der Waals surface area contributed by atoms with Crippen molar-refractivity contribution in [1.29, 1.82) is 0 Å². The van der Waals surface area contributed by atoms with Crippen molar-refractivity contribution in [1.82, 2.24) is 4.90 Å². The van der Waals surface area contributed by atoms with E-state index in [0.29, 0.717) is 13.1 Å². The van der Waals surface area contributed by atoms with Crippen LogP contribution in [0, 0.1) is 0 Å². The molecule has 2 rings (SSSR count). The van der Waals surface area contributed by atoms with Gasteiger partial charge in [0.1, 0.15) is 0 Å². The molecule has 1 aliphatic rings. The van der Waals surface area contributed by atoms with Gasteiger partial charge in [-0.15, -0.1) is 0 Å². The zero-order valence-electron chi connectivity index (χ0n) is 8.81. The molecule has 80 valence electrons. The van der Waals surface area contributed by atoms with Crippen molar-refractivity contribution in [3.63, 3.8) is 0 Å². The molecule has 1 amide bonds. The maximum absolute atomic E-state index is 11.6. The van der Waals surface area contributed by atoms with E-state index in [1.165, 1.54) is 0 Å². The van der Waals surface area contributed by atoms with Gasteiger partial charge in [-0.2, -0.15) is 0 Å². The zero-order valence-corrected chi connectivity index (χ0v) is 8.81. The fourth-order valence-electron chi connectivity index (χ4n) is 1.94. The molecule has 1 atom stereocenters. The second-order valence-electron chi connectivity index (χ2n) is 4.41. The minimum Gasteiger partial charge on any atom is -0.388 e. The third kappa shape index (κ3) is 2.36. The molecule has 15 heavy (non-hydrogen) atoms. The first-order valence-corrected chi connectivity index (χ1v) is 5.11. The molecule has 0 radical (unpaired) electrons. The fourth-order valence-corrected chi connectivity index (χ4v) is 1.94. The monoisotopic (exact) mass is 205 g/mol. The highest BCUT2D eigenvalue weighted by Gasteiger charge is 2.37. The van der Waals surface area contributed by atoms with Crippen LogP contribution in [0.15, 0.2) is 30.3 Å². The van der Waals surface area contributed by atoms with Gasteiger partial charge in [0, 0.05) is 13.1 Å². The molecule has 1 saturated heterocycles. The SMILES string of the molecule is C[C@@]1(O)CC(=O)N(Cc2ccccc2)C1. The van der Waals surface area contributed by atoms with Crippen LogP contribution >= 0.6 is 0 Å². The Kier molecular flexibility index (Phi) is 2.49. The van der Waals surface area contributed by atoms with Crippen LogP contribution in [0.2, 0.25) is 0 Å². The number of likely N-dealkylation sites (tertiary alicyclic amines) is 1. The molecule has 1 aromatic rings. The highest BCUT2D eigenvalue weighted by Crippen LogP contribution is 2.23. The molecule has 0 aliphatic carbocycles. The summed E-state index contributed by atoms with van der Waals surface area (Å²) < 4.78 is 0. The van der Waals surface area contributed by atoms with Crippen molar-refractivity contribution in [3.8, 4) is 0 Å². The number of benzene rings is 1. The number of nitrogens with zero attached hydrogens (tertiary/aromatic N) is 1. The molecular weight excluding hydrogens is 190 g/mol. The molecule has 1 aromatic carbocycles. The lowest BCUT2D eigenvalue weighted by atomic mass is 10.1. The van der Waals surface area contributed by atoms with Gasteiger partial charge in [0.25, 0.3) is 0 Å². The summed E-state index contributed by atoms with van der Waals surface area (Å²) in [5.74, 6) is 0.0313. The second-order valence-corrected chi connectivity index (χ2v) is 4.41. The van der Waals surface area contributed by atoms with Gasteiger partial charge < -0.3 is 10.0 Å².